The summed E-state index contributed by atoms with van der Waals surface area (Å²) >= 11 is 12.1. The number of methoxy groups -OCH3 is 1. The van der Waals surface area contributed by atoms with Gasteiger partial charge in [0.2, 0.25) is 0 Å². The molecule has 8 heteroatoms. The van der Waals surface area contributed by atoms with E-state index in [1.165, 1.54) is 6.26 Å². The van der Waals surface area contributed by atoms with Gasteiger partial charge in [0.25, 0.3) is 5.91 Å². The molecule has 4 rings (SSSR count). The van der Waals surface area contributed by atoms with Crippen LogP contribution in [0.15, 0.2) is 70.4 Å². The average Bonchev–Trinajstić information content (AvgIpc) is 3.47. The van der Waals surface area contributed by atoms with Gasteiger partial charge in [0.05, 0.1) is 35.7 Å². The van der Waals surface area contributed by atoms with Crippen LogP contribution < -0.4 is 4.74 Å². The molecular formula is C23H20Cl2N2O4. The summed E-state index contributed by atoms with van der Waals surface area (Å²) in [6.07, 6.45) is 1.72. The van der Waals surface area contributed by atoms with Crippen molar-refractivity contribution in [3.8, 4) is 5.75 Å². The summed E-state index contributed by atoms with van der Waals surface area (Å²) in [7, 11) is 1.61. The minimum absolute atomic E-state index is 0.223. The van der Waals surface area contributed by atoms with Crippen molar-refractivity contribution in [2.45, 2.75) is 19.1 Å². The van der Waals surface area contributed by atoms with Crippen molar-refractivity contribution >= 4 is 34.8 Å². The van der Waals surface area contributed by atoms with Crippen LogP contribution in [0.25, 0.3) is 0 Å². The Hall–Kier alpha value is -2.96. The van der Waals surface area contributed by atoms with Gasteiger partial charge >= 0.3 is 0 Å². The van der Waals surface area contributed by atoms with Gasteiger partial charge in [-0.3, -0.25) is 4.79 Å². The van der Waals surface area contributed by atoms with E-state index >= 15 is 0 Å². The summed E-state index contributed by atoms with van der Waals surface area (Å²) in [5.74, 6) is 0.774. The fourth-order valence-electron chi connectivity index (χ4n) is 3.38. The molecule has 0 saturated carbocycles. The molecule has 0 radical (unpaired) electrons. The first-order valence-electron chi connectivity index (χ1n) is 9.67. The highest BCUT2D eigenvalue weighted by molar-refractivity contribution is 6.42. The predicted molar refractivity (Wildman–Crippen MR) is 119 cm³/mol. The van der Waals surface area contributed by atoms with Crippen LogP contribution in [0.2, 0.25) is 10.0 Å². The zero-order chi connectivity index (χ0) is 21.8. The quantitative estimate of drug-likeness (QED) is 0.473. The maximum Gasteiger partial charge on any atom is 0.289 e. The van der Waals surface area contributed by atoms with Crippen LogP contribution in [0.5, 0.6) is 5.75 Å². The fourth-order valence-corrected chi connectivity index (χ4v) is 3.68. The molecule has 0 saturated heterocycles. The summed E-state index contributed by atoms with van der Waals surface area (Å²) in [5, 5.41) is 5.14. The second kappa shape index (κ2) is 9.45. The van der Waals surface area contributed by atoms with Gasteiger partial charge in [-0.15, -0.1) is 0 Å². The molecule has 1 amide bonds. The second-order valence-electron chi connectivity index (χ2n) is 7.11. The number of oxime groups is 1. The number of hydrogen-bond acceptors (Lipinski definition) is 5. The average molecular weight is 459 g/mol. The molecule has 0 fully saturated rings. The van der Waals surface area contributed by atoms with Crippen LogP contribution in [0.3, 0.4) is 0 Å². The van der Waals surface area contributed by atoms with Gasteiger partial charge in [-0.25, -0.2) is 0 Å². The van der Waals surface area contributed by atoms with Gasteiger partial charge in [0.1, 0.15) is 5.75 Å². The highest BCUT2D eigenvalue weighted by atomic mass is 35.5. The van der Waals surface area contributed by atoms with E-state index in [0.29, 0.717) is 29.6 Å². The van der Waals surface area contributed by atoms with Crippen molar-refractivity contribution in [3.05, 3.63) is 87.8 Å². The number of carbonyl (C=O) groups is 1. The zero-order valence-corrected chi connectivity index (χ0v) is 18.3. The molecule has 0 spiro atoms. The Balaban J connectivity index is 1.49. The van der Waals surface area contributed by atoms with Crippen molar-refractivity contribution in [2.75, 3.05) is 13.7 Å². The molecule has 2 heterocycles. The number of hydrogen-bond donors (Lipinski definition) is 0. The van der Waals surface area contributed by atoms with E-state index in [1.807, 2.05) is 30.3 Å². The molecule has 0 unspecified atom stereocenters. The third-order valence-corrected chi connectivity index (χ3v) is 5.68. The van der Waals surface area contributed by atoms with Crippen LogP contribution in [-0.2, 0) is 11.4 Å². The topological polar surface area (TPSA) is 64.3 Å². The predicted octanol–water partition coefficient (Wildman–Crippen LogP) is 5.43. The number of ether oxygens (including phenoxy) is 1. The molecule has 0 bridgehead atoms. The fraction of sp³-hybridized carbons (Fsp3) is 0.217. The SMILES string of the molecule is COc1cccc(CN(C[C@H]2CC(c3ccc(Cl)c(Cl)c3)=NO2)C(=O)c2ccco2)c1. The molecule has 1 aliphatic heterocycles. The van der Waals surface area contributed by atoms with Crippen LogP contribution in [0, 0.1) is 0 Å². The number of nitrogens with zero attached hydrogens (tertiary/aromatic N) is 2. The second-order valence-corrected chi connectivity index (χ2v) is 7.93. The van der Waals surface area contributed by atoms with E-state index < -0.39 is 0 Å². The van der Waals surface area contributed by atoms with Crippen molar-refractivity contribution < 1.29 is 18.8 Å². The number of amides is 1. The Kier molecular flexibility index (Phi) is 6.49. The summed E-state index contributed by atoms with van der Waals surface area (Å²) in [5.41, 5.74) is 2.53. The summed E-state index contributed by atoms with van der Waals surface area (Å²) in [6.45, 7) is 0.712. The third kappa shape index (κ3) is 5.03. The Labute approximate surface area is 189 Å². The van der Waals surface area contributed by atoms with E-state index in [1.54, 1.807) is 36.3 Å². The Morgan fingerprint density at radius 3 is 2.77 bits per heavy atom. The largest absolute Gasteiger partial charge is 0.497 e. The van der Waals surface area contributed by atoms with Gasteiger partial charge < -0.3 is 18.9 Å². The summed E-state index contributed by atoms with van der Waals surface area (Å²) in [6, 6.07) is 16.3. The van der Waals surface area contributed by atoms with Crippen LogP contribution in [-0.4, -0.2) is 36.3 Å². The van der Waals surface area contributed by atoms with Crippen molar-refractivity contribution in [3.63, 3.8) is 0 Å². The van der Waals surface area contributed by atoms with Crippen molar-refractivity contribution in [2.24, 2.45) is 5.16 Å². The maximum absolute atomic E-state index is 13.1. The van der Waals surface area contributed by atoms with Crippen LogP contribution in [0.1, 0.15) is 28.1 Å². The highest BCUT2D eigenvalue weighted by Gasteiger charge is 2.28. The first-order valence-corrected chi connectivity index (χ1v) is 10.4. The molecule has 1 atom stereocenters. The Morgan fingerprint density at radius 2 is 2.03 bits per heavy atom. The Bertz CT molecular complexity index is 1100. The minimum atomic E-state index is -0.297. The summed E-state index contributed by atoms with van der Waals surface area (Å²) in [4.78, 5) is 20.4. The monoisotopic (exact) mass is 458 g/mol. The molecule has 0 aliphatic carbocycles. The maximum atomic E-state index is 13.1. The zero-order valence-electron chi connectivity index (χ0n) is 16.8. The molecule has 3 aromatic rings. The lowest BCUT2D eigenvalue weighted by atomic mass is 10.0. The molecule has 31 heavy (non-hydrogen) atoms. The van der Waals surface area contributed by atoms with Gasteiger partial charge in [-0.1, -0.05) is 46.6 Å². The van der Waals surface area contributed by atoms with Crippen LogP contribution in [0.4, 0.5) is 0 Å². The normalized spacial score (nSPS) is 15.3. The lowest BCUT2D eigenvalue weighted by Gasteiger charge is -2.24. The third-order valence-electron chi connectivity index (χ3n) is 4.94. The standard InChI is InChI=1S/C23H20Cl2N2O4/c1-29-17-5-2-4-15(10-17)13-27(23(28)22-6-3-9-30-22)14-18-12-21(26-31-18)16-7-8-19(24)20(25)11-16/h2-11,18H,12-14H2,1H3/t18-/m1/s1. The molecule has 2 aromatic carbocycles. The van der Waals surface area contributed by atoms with E-state index in [2.05, 4.69) is 5.16 Å². The lowest BCUT2D eigenvalue weighted by Crippen LogP contribution is -2.37. The number of halogens is 2. The first-order chi connectivity index (χ1) is 15.0. The van der Waals surface area contributed by atoms with Crippen molar-refractivity contribution in [1.29, 1.82) is 0 Å². The smallest absolute Gasteiger partial charge is 0.289 e. The summed E-state index contributed by atoms with van der Waals surface area (Å²) < 4.78 is 10.6. The molecule has 1 aromatic heterocycles. The highest BCUT2D eigenvalue weighted by Crippen LogP contribution is 2.26. The number of benzene rings is 2. The lowest BCUT2D eigenvalue weighted by molar-refractivity contribution is 0.0387. The molecule has 160 valence electrons. The minimum Gasteiger partial charge on any atom is -0.497 e. The number of rotatable bonds is 7. The number of furan rings is 1. The molecule has 1 aliphatic rings. The van der Waals surface area contributed by atoms with E-state index in [9.17, 15) is 4.79 Å². The van der Waals surface area contributed by atoms with Gasteiger partial charge in [-0.2, -0.15) is 0 Å². The van der Waals surface area contributed by atoms with E-state index in [0.717, 1.165) is 22.6 Å². The van der Waals surface area contributed by atoms with E-state index in [-0.39, 0.29) is 17.8 Å². The van der Waals surface area contributed by atoms with Crippen LogP contribution >= 0.6 is 23.2 Å². The van der Waals surface area contributed by atoms with Gasteiger partial charge in [-0.05, 0) is 42.0 Å². The molecule has 6 nitrogen and oxygen atoms in total. The Morgan fingerprint density at radius 1 is 1.16 bits per heavy atom. The first kappa shape index (κ1) is 21.3. The molecular weight excluding hydrogens is 439 g/mol. The van der Waals surface area contributed by atoms with E-state index in [4.69, 9.17) is 37.2 Å². The van der Waals surface area contributed by atoms with Crippen molar-refractivity contribution in [1.82, 2.24) is 4.90 Å². The van der Waals surface area contributed by atoms with Gasteiger partial charge in [0.15, 0.2) is 11.9 Å². The van der Waals surface area contributed by atoms with Gasteiger partial charge in [0, 0.05) is 18.5 Å². The number of carbonyl (C=O) groups excluding carboxylic acids is 1. The molecule has 0 N–H and O–H groups in total.